The Hall–Kier alpha value is -2.70. The minimum atomic E-state index is -0.787. The Balaban J connectivity index is 1.79. The van der Waals surface area contributed by atoms with E-state index in [-0.39, 0.29) is 17.4 Å². The van der Waals surface area contributed by atoms with Gasteiger partial charge in [0.25, 0.3) is 5.91 Å². The molecule has 0 N–H and O–H groups in total. The van der Waals surface area contributed by atoms with E-state index < -0.39 is 6.04 Å². The maximum atomic E-state index is 13.1. The number of Topliss-reactive ketones (excluding diaryl/α,β-unsaturated/α-hetero) is 1. The van der Waals surface area contributed by atoms with Crippen LogP contribution in [0.25, 0.3) is 0 Å². The predicted octanol–water partition coefficient (Wildman–Crippen LogP) is 5.19. The van der Waals surface area contributed by atoms with Gasteiger partial charge in [-0.3, -0.25) is 9.59 Å². The monoisotopic (exact) mass is 443 g/mol. The van der Waals surface area contributed by atoms with Crippen LogP contribution in [0.2, 0.25) is 5.02 Å². The number of nitrogens with zero attached hydrogens (tertiary/aromatic N) is 1. The minimum Gasteiger partial charge on any atom is -0.468 e. The van der Waals surface area contributed by atoms with Gasteiger partial charge in [-0.1, -0.05) is 54.1 Å². The van der Waals surface area contributed by atoms with Crippen LogP contribution in [-0.4, -0.2) is 28.5 Å². The topological polar surface area (TPSA) is 59.8 Å². The zero-order valence-corrected chi connectivity index (χ0v) is 18.1. The Morgan fingerprint density at radius 1 is 1.07 bits per heavy atom. The Morgan fingerprint density at radius 2 is 1.80 bits per heavy atom. The van der Waals surface area contributed by atoms with Crippen molar-refractivity contribution in [3.8, 4) is 5.75 Å². The first-order chi connectivity index (χ1) is 14.5. The lowest BCUT2D eigenvalue weighted by Crippen LogP contribution is -2.48. The number of halogens is 1. The van der Waals surface area contributed by atoms with Crippen molar-refractivity contribution < 1.29 is 18.8 Å². The highest BCUT2D eigenvalue weighted by Crippen LogP contribution is 2.26. The van der Waals surface area contributed by atoms with Gasteiger partial charge in [0.05, 0.1) is 22.8 Å². The first-order valence-electron chi connectivity index (χ1n) is 9.43. The average Bonchev–Trinajstić information content (AvgIpc) is 3.26. The van der Waals surface area contributed by atoms with Crippen molar-refractivity contribution >= 4 is 35.1 Å². The quantitative estimate of drug-likeness (QED) is 0.403. The molecule has 0 aliphatic heterocycles. The number of benzene rings is 2. The fraction of sp³-hybridized carbons (Fsp3) is 0.217. The summed E-state index contributed by atoms with van der Waals surface area (Å²) >= 11 is 7.63. The van der Waals surface area contributed by atoms with Crippen LogP contribution in [0.4, 0.5) is 0 Å². The van der Waals surface area contributed by atoms with E-state index in [1.807, 2.05) is 42.5 Å². The number of carbonyl (C=O) groups is 2. The molecule has 1 aromatic heterocycles. The molecule has 1 amide bonds. The van der Waals surface area contributed by atoms with Gasteiger partial charge in [-0.15, -0.1) is 11.8 Å². The number of para-hydroxylation sites is 1. The number of ketones is 1. The molecule has 0 saturated heterocycles. The van der Waals surface area contributed by atoms with Crippen LogP contribution < -0.4 is 4.84 Å². The summed E-state index contributed by atoms with van der Waals surface area (Å²) in [4.78, 5) is 31.4. The standard InChI is InChI=1S/C23H22ClNO4S/c1-17(26)25(29-23-12-6-5-11-20(23)24)21(14-18-8-3-2-4-9-18)22(27)16-30-15-19-10-7-13-28-19/h2-13,21H,14-16H2,1H3/t21-/m0/s1. The zero-order chi connectivity index (χ0) is 21.3. The van der Waals surface area contributed by atoms with E-state index in [1.54, 1.807) is 30.5 Å². The molecule has 3 rings (SSSR count). The van der Waals surface area contributed by atoms with Crippen molar-refractivity contribution in [3.63, 3.8) is 0 Å². The van der Waals surface area contributed by atoms with Crippen molar-refractivity contribution in [3.05, 3.63) is 89.3 Å². The number of amides is 1. The molecule has 1 heterocycles. The smallest absolute Gasteiger partial charge is 0.252 e. The Kier molecular flexibility index (Phi) is 7.99. The summed E-state index contributed by atoms with van der Waals surface area (Å²) in [6.07, 6.45) is 1.94. The maximum absolute atomic E-state index is 13.1. The molecule has 0 spiro atoms. The second-order valence-electron chi connectivity index (χ2n) is 6.61. The molecule has 7 heteroatoms. The molecule has 0 aliphatic carbocycles. The lowest BCUT2D eigenvalue weighted by atomic mass is 10.0. The van der Waals surface area contributed by atoms with Crippen molar-refractivity contribution in [2.45, 2.75) is 25.1 Å². The molecule has 0 fully saturated rings. The Bertz CT molecular complexity index is 962. The minimum absolute atomic E-state index is 0.113. The van der Waals surface area contributed by atoms with E-state index in [0.29, 0.717) is 22.9 Å². The number of carbonyl (C=O) groups excluding carboxylic acids is 2. The number of rotatable bonds is 10. The van der Waals surface area contributed by atoms with E-state index in [2.05, 4.69) is 0 Å². The largest absolute Gasteiger partial charge is 0.468 e. The Labute approximate surface area is 184 Å². The molecule has 0 unspecified atom stereocenters. The molecule has 1 atom stereocenters. The van der Waals surface area contributed by atoms with Crippen LogP contribution in [0.3, 0.4) is 0 Å². The molecular weight excluding hydrogens is 422 g/mol. The first kappa shape index (κ1) is 22.0. The summed E-state index contributed by atoms with van der Waals surface area (Å²) < 4.78 is 5.31. The lowest BCUT2D eigenvalue weighted by molar-refractivity contribution is -0.167. The maximum Gasteiger partial charge on any atom is 0.252 e. The van der Waals surface area contributed by atoms with Crippen molar-refractivity contribution in [2.75, 3.05) is 5.75 Å². The molecule has 30 heavy (non-hydrogen) atoms. The van der Waals surface area contributed by atoms with Crippen LogP contribution in [-0.2, 0) is 21.8 Å². The highest BCUT2D eigenvalue weighted by Gasteiger charge is 2.30. The SMILES string of the molecule is CC(=O)N(Oc1ccccc1Cl)[C@@H](Cc1ccccc1)C(=O)CSCc1ccco1. The number of hydrogen-bond acceptors (Lipinski definition) is 5. The second kappa shape index (κ2) is 10.9. The van der Waals surface area contributed by atoms with Gasteiger partial charge in [0.2, 0.25) is 0 Å². The molecule has 3 aromatic rings. The fourth-order valence-electron chi connectivity index (χ4n) is 2.88. The highest BCUT2D eigenvalue weighted by atomic mass is 35.5. The van der Waals surface area contributed by atoms with Gasteiger partial charge >= 0.3 is 0 Å². The molecular formula is C23H22ClNO4S. The molecule has 5 nitrogen and oxygen atoms in total. The average molecular weight is 444 g/mol. The number of hydroxylamine groups is 2. The van der Waals surface area contributed by atoms with Gasteiger partial charge in [-0.2, -0.15) is 5.06 Å². The summed E-state index contributed by atoms with van der Waals surface area (Å²) in [6, 6.07) is 19.3. The van der Waals surface area contributed by atoms with Crippen molar-refractivity contribution in [1.29, 1.82) is 0 Å². The number of furan rings is 1. The van der Waals surface area contributed by atoms with Crippen LogP contribution >= 0.6 is 23.4 Å². The predicted molar refractivity (Wildman–Crippen MR) is 118 cm³/mol. The zero-order valence-electron chi connectivity index (χ0n) is 16.5. The summed E-state index contributed by atoms with van der Waals surface area (Å²) in [5.74, 6) is 1.42. The second-order valence-corrected chi connectivity index (χ2v) is 8.00. The van der Waals surface area contributed by atoms with Gasteiger partial charge in [0.1, 0.15) is 11.8 Å². The first-order valence-corrected chi connectivity index (χ1v) is 11.0. The normalized spacial score (nSPS) is 11.7. The molecule has 0 aliphatic rings. The van der Waals surface area contributed by atoms with Crippen LogP contribution in [0.5, 0.6) is 5.75 Å². The molecule has 2 aromatic carbocycles. The van der Waals surface area contributed by atoms with Crippen molar-refractivity contribution in [2.24, 2.45) is 0 Å². The van der Waals surface area contributed by atoms with Gasteiger partial charge in [0, 0.05) is 13.3 Å². The third kappa shape index (κ3) is 6.15. The van der Waals surface area contributed by atoms with E-state index in [0.717, 1.165) is 16.4 Å². The van der Waals surface area contributed by atoms with Crippen LogP contribution in [0.15, 0.2) is 77.4 Å². The molecule has 156 valence electrons. The molecule has 0 saturated carbocycles. The van der Waals surface area contributed by atoms with Gasteiger partial charge in [0.15, 0.2) is 11.5 Å². The van der Waals surface area contributed by atoms with Crippen LogP contribution in [0.1, 0.15) is 18.2 Å². The summed E-state index contributed by atoms with van der Waals surface area (Å²) in [6.45, 7) is 1.37. The lowest BCUT2D eigenvalue weighted by Gasteiger charge is -2.29. The number of hydrogen-bond donors (Lipinski definition) is 0. The number of thioether (sulfide) groups is 1. The van der Waals surface area contributed by atoms with Crippen LogP contribution in [0, 0.1) is 0 Å². The molecule has 0 bridgehead atoms. The van der Waals surface area contributed by atoms with Gasteiger partial charge in [-0.25, -0.2) is 0 Å². The third-order valence-electron chi connectivity index (χ3n) is 4.34. The van der Waals surface area contributed by atoms with E-state index in [1.165, 1.54) is 18.7 Å². The molecule has 0 radical (unpaired) electrons. The van der Waals surface area contributed by atoms with E-state index in [4.69, 9.17) is 20.9 Å². The summed E-state index contributed by atoms with van der Waals surface area (Å²) in [5, 5.41) is 1.49. The van der Waals surface area contributed by atoms with Gasteiger partial charge < -0.3 is 9.25 Å². The highest BCUT2D eigenvalue weighted by molar-refractivity contribution is 7.99. The van der Waals surface area contributed by atoms with E-state index in [9.17, 15) is 9.59 Å². The van der Waals surface area contributed by atoms with Gasteiger partial charge in [-0.05, 0) is 29.8 Å². The summed E-state index contributed by atoms with van der Waals surface area (Å²) in [5.41, 5.74) is 0.931. The fourth-order valence-corrected chi connectivity index (χ4v) is 3.91. The summed E-state index contributed by atoms with van der Waals surface area (Å²) in [7, 11) is 0. The van der Waals surface area contributed by atoms with Crippen molar-refractivity contribution in [1.82, 2.24) is 5.06 Å². The third-order valence-corrected chi connectivity index (χ3v) is 5.63. The Morgan fingerprint density at radius 3 is 2.47 bits per heavy atom. The van der Waals surface area contributed by atoms with E-state index >= 15 is 0 Å².